The van der Waals surface area contributed by atoms with Crippen molar-refractivity contribution in [2.24, 2.45) is 0 Å². The molecule has 2 atom stereocenters. The van der Waals surface area contributed by atoms with E-state index in [1.54, 1.807) is 11.8 Å². The number of carbonyl (C=O) groups is 2. The topological polar surface area (TPSA) is 67.9 Å². The van der Waals surface area contributed by atoms with Gasteiger partial charge in [-0.1, -0.05) is 0 Å². The first-order chi connectivity index (χ1) is 8.72. The molecular formula is C12H20N2O4. The molecule has 2 amide bonds. The van der Waals surface area contributed by atoms with Crippen molar-refractivity contribution in [2.45, 2.75) is 38.3 Å². The maximum atomic E-state index is 12.1. The van der Waals surface area contributed by atoms with Gasteiger partial charge in [-0.2, -0.15) is 0 Å². The van der Waals surface area contributed by atoms with Gasteiger partial charge in [0.1, 0.15) is 6.04 Å². The fourth-order valence-electron chi connectivity index (χ4n) is 2.40. The second kappa shape index (κ2) is 6.04. The summed E-state index contributed by atoms with van der Waals surface area (Å²) in [5.41, 5.74) is 0. The molecule has 0 radical (unpaired) electrons. The van der Waals surface area contributed by atoms with Crippen LogP contribution in [0.5, 0.6) is 0 Å². The highest BCUT2D eigenvalue weighted by molar-refractivity contribution is 5.84. The van der Waals surface area contributed by atoms with Crippen LogP contribution in [-0.4, -0.2) is 55.3 Å². The Morgan fingerprint density at radius 2 is 2.28 bits per heavy atom. The maximum absolute atomic E-state index is 12.1. The van der Waals surface area contributed by atoms with Gasteiger partial charge < -0.3 is 19.7 Å². The number of hydrogen-bond acceptors (Lipinski definition) is 4. The Kier molecular flexibility index (Phi) is 4.41. The van der Waals surface area contributed by atoms with E-state index in [9.17, 15) is 9.59 Å². The van der Waals surface area contributed by atoms with Crippen LogP contribution in [-0.2, 0) is 14.3 Å². The molecule has 2 unspecified atom stereocenters. The number of hydrogen-bond donors (Lipinski definition) is 1. The number of ether oxygens (including phenoxy) is 2. The minimum absolute atomic E-state index is 0.0703. The lowest BCUT2D eigenvalue weighted by atomic mass is 10.2. The fourth-order valence-corrected chi connectivity index (χ4v) is 2.40. The smallest absolute Gasteiger partial charge is 0.328 e. The Hall–Kier alpha value is -1.30. The number of nitrogens with zero attached hydrogens (tertiary/aromatic N) is 1. The second-order valence-electron chi connectivity index (χ2n) is 4.61. The molecule has 0 aliphatic carbocycles. The lowest BCUT2D eigenvalue weighted by Crippen LogP contribution is -2.49. The average Bonchev–Trinajstić information content (AvgIpc) is 2.99. The molecule has 6 heteroatoms. The molecule has 1 N–H and O–H groups in total. The zero-order valence-corrected chi connectivity index (χ0v) is 10.7. The van der Waals surface area contributed by atoms with Crippen LogP contribution in [0.4, 0.5) is 4.79 Å². The summed E-state index contributed by atoms with van der Waals surface area (Å²) in [6, 6.07) is -0.533. The van der Waals surface area contributed by atoms with Crippen LogP contribution in [0.25, 0.3) is 0 Å². The van der Waals surface area contributed by atoms with Crippen LogP contribution in [0.1, 0.15) is 26.2 Å². The van der Waals surface area contributed by atoms with Gasteiger partial charge in [0, 0.05) is 13.2 Å². The van der Waals surface area contributed by atoms with Crippen LogP contribution in [0, 0.1) is 0 Å². The Morgan fingerprint density at radius 1 is 1.44 bits per heavy atom. The Bertz CT molecular complexity index is 315. The predicted octanol–water partition coefficient (Wildman–Crippen LogP) is 0.512. The summed E-state index contributed by atoms with van der Waals surface area (Å²) < 4.78 is 10.2. The van der Waals surface area contributed by atoms with E-state index in [1.165, 1.54) is 0 Å². The lowest BCUT2D eigenvalue weighted by molar-refractivity contribution is -0.147. The van der Waals surface area contributed by atoms with E-state index in [0.29, 0.717) is 32.8 Å². The zero-order valence-electron chi connectivity index (χ0n) is 10.7. The van der Waals surface area contributed by atoms with Crippen LogP contribution < -0.4 is 5.32 Å². The van der Waals surface area contributed by atoms with Crippen LogP contribution in [0.2, 0.25) is 0 Å². The molecule has 0 aromatic carbocycles. The first kappa shape index (κ1) is 13.1. The standard InChI is InChI=1S/C12H20N2O4/c1-2-18-11(15)10-4-3-6-14(10)12(16)13-9-5-7-17-8-9/h9-10H,2-8H2,1H3,(H,13,16). The molecule has 18 heavy (non-hydrogen) atoms. The van der Waals surface area contributed by atoms with Crippen LogP contribution in [0.3, 0.4) is 0 Å². The van der Waals surface area contributed by atoms with Gasteiger partial charge in [0.15, 0.2) is 0 Å². The largest absolute Gasteiger partial charge is 0.464 e. The predicted molar refractivity (Wildman–Crippen MR) is 64.1 cm³/mol. The van der Waals surface area contributed by atoms with E-state index < -0.39 is 6.04 Å². The highest BCUT2D eigenvalue weighted by Gasteiger charge is 2.36. The van der Waals surface area contributed by atoms with Crippen molar-refractivity contribution in [2.75, 3.05) is 26.4 Å². The molecule has 102 valence electrons. The van der Waals surface area contributed by atoms with Crippen molar-refractivity contribution in [1.29, 1.82) is 0 Å². The van der Waals surface area contributed by atoms with Crippen molar-refractivity contribution in [1.82, 2.24) is 10.2 Å². The number of amides is 2. The minimum atomic E-state index is -0.424. The third-order valence-corrected chi connectivity index (χ3v) is 3.33. The normalized spacial score (nSPS) is 27.3. The Morgan fingerprint density at radius 3 is 2.94 bits per heavy atom. The number of nitrogens with one attached hydrogen (secondary N) is 1. The first-order valence-corrected chi connectivity index (χ1v) is 6.54. The molecule has 0 aromatic rings. The Balaban J connectivity index is 1.89. The molecule has 0 saturated carbocycles. The van der Waals surface area contributed by atoms with Gasteiger partial charge in [-0.05, 0) is 26.2 Å². The summed E-state index contributed by atoms with van der Waals surface area (Å²) in [6.07, 6.45) is 2.37. The molecule has 2 aliphatic heterocycles. The third kappa shape index (κ3) is 2.93. The maximum Gasteiger partial charge on any atom is 0.328 e. The van der Waals surface area contributed by atoms with E-state index in [4.69, 9.17) is 9.47 Å². The van der Waals surface area contributed by atoms with E-state index in [-0.39, 0.29) is 18.0 Å². The van der Waals surface area contributed by atoms with E-state index in [0.717, 1.165) is 12.8 Å². The van der Waals surface area contributed by atoms with Crippen LogP contribution >= 0.6 is 0 Å². The number of likely N-dealkylation sites (tertiary alicyclic amines) is 1. The molecule has 2 heterocycles. The average molecular weight is 256 g/mol. The monoisotopic (exact) mass is 256 g/mol. The second-order valence-corrected chi connectivity index (χ2v) is 4.61. The summed E-state index contributed by atoms with van der Waals surface area (Å²) in [7, 11) is 0. The lowest BCUT2D eigenvalue weighted by Gasteiger charge is -2.24. The highest BCUT2D eigenvalue weighted by Crippen LogP contribution is 2.19. The van der Waals surface area contributed by atoms with E-state index >= 15 is 0 Å². The van der Waals surface area contributed by atoms with Crippen molar-refractivity contribution in [3.63, 3.8) is 0 Å². The molecule has 2 aliphatic rings. The summed E-state index contributed by atoms with van der Waals surface area (Å²) >= 11 is 0. The molecule has 0 spiro atoms. The van der Waals surface area contributed by atoms with Crippen molar-refractivity contribution in [3.8, 4) is 0 Å². The van der Waals surface area contributed by atoms with E-state index in [2.05, 4.69) is 5.32 Å². The quantitative estimate of drug-likeness (QED) is 0.747. The number of esters is 1. The van der Waals surface area contributed by atoms with Gasteiger partial charge in [0.2, 0.25) is 0 Å². The summed E-state index contributed by atoms with van der Waals surface area (Å²) in [6.45, 7) is 3.98. The van der Waals surface area contributed by atoms with Crippen molar-refractivity contribution < 1.29 is 19.1 Å². The van der Waals surface area contributed by atoms with Crippen LogP contribution in [0.15, 0.2) is 0 Å². The minimum Gasteiger partial charge on any atom is -0.464 e. The number of rotatable bonds is 3. The molecule has 2 rings (SSSR count). The van der Waals surface area contributed by atoms with E-state index in [1.807, 2.05) is 0 Å². The SMILES string of the molecule is CCOC(=O)C1CCCN1C(=O)NC1CCOC1. The fraction of sp³-hybridized carbons (Fsp3) is 0.833. The summed E-state index contributed by atoms with van der Waals surface area (Å²) in [5, 5.41) is 2.90. The third-order valence-electron chi connectivity index (χ3n) is 3.33. The highest BCUT2D eigenvalue weighted by atomic mass is 16.5. The zero-order chi connectivity index (χ0) is 13.0. The van der Waals surface area contributed by atoms with Gasteiger partial charge >= 0.3 is 12.0 Å². The Labute approximate surface area is 107 Å². The molecule has 6 nitrogen and oxygen atoms in total. The summed E-state index contributed by atoms with van der Waals surface area (Å²) in [4.78, 5) is 25.4. The molecular weight excluding hydrogens is 236 g/mol. The van der Waals surface area contributed by atoms with Gasteiger partial charge in [0.25, 0.3) is 0 Å². The number of urea groups is 1. The molecule has 0 bridgehead atoms. The van der Waals surface area contributed by atoms with Gasteiger partial charge in [-0.3, -0.25) is 0 Å². The number of carbonyl (C=O) groups excluding carboxylic acids is 2. The first-order valence-electron chi connectivity index (χ1n) is 6.54. The van der Waals surface area contributed by atoms with Gasteiger partial charge in [-0.25, -0.2) is 9.59 Å². The van der Waals surface area contributed by atoms with Gasteiger partial charge in [0.05, 0.1) is 19.3 Å². The summed E-state index contributed by atoms with van der Waals surface area (Å²) in [5.74, 6) is -0.298. The molecule has 0 aromatic heterocycles. The molecule has 2 saturated heterocycles. The van der Waals surface area contributed by atoms with Gasteiger partial charge in [-0.15, -0.1) is 0 Å². The van der Waals surface area contributed by atoms with Crippen molar-refractivity contribution in [3.05, 3.63) is 0 Å². The molecule has 2 fully saturated rings. The van der Waals surface area contributed by atoms with Crippen molar-refractivity contribution >= 4 is 12.0 Å².